The summed E-state index contributed by atoms with van der Waals surface area (Å²) in [7, 11) is 0. The predicted molar refractivity (Wildman–Crippen MR) is 139 cm³/mol. The molecular formula is C24H20Cl2N4O2S2. The van der Waals surface area contributed by atoms with E-state index in [9.17, 15) is 9.59 Å². The first kappa shape index (κ1) is 23.1. The van der Waals surface area contributed by atoms with Crippen LogP contribution in [0, 0.1) is 0 Å². The lowest BCUT2D eigenvalue weighted by Gasteiger charge is -2.41. The van der Waals surface area contributed by atoms with Gasteiger partial charge in [0.15, 0.2) is 5.01 Å². The van der Waals surface area contributed by atoms with Crippen molar-refractivity contribution in [3.05, 3.63) is 79.9 Å². The number of benzene rings is 2. The summed E-state index contributed by atoms with van der Waals surface area (Å²) in [6.07, 6.45) is 0. The van der Waals surface area contributed by atoms with E-state index < -0.39 is 6.04 Å². The number of piperazine rings is 1. The molecule has 1 atom stereocenters. The molecule has 0 unspecified atom stereocenters. The quantitative estimate of drug-likeness (QED) is 0.379. The van der Waals surface area contributed by atoms with Crippen LogP contribution in [0.5, 0.6) is 0 Å². The van der Waals surface area contributed by atoms with Crippen molar-refractivity contribution in [3.8, 4) is 0 Å². The maximum Gasteiger partial charge on any atom is 0.283 e. The molecule has 1 N–H and O–H groups in total. The summed E-state index contributed by atoms with van der Waals surface area (Å²) >= 11 is 15.3. The number of anilines is 1. The third kappa shape index (κ3) is 4.77. The third-order valence-electron chi connectivity index (χ3n) is 5.70. The van der Waals surface area contributed by atoms with Crippen LogP contribution in [-0.2, 0) is 11.3 Å². The molecule has 1 aliphatic rings. The Bertz CT molecular complexity index is 1310. The van der Waals surface area contributed by atoms with Crippen molar-refractivity contribution in [2.24, 2.45) is 0 Å². The van der Waals surface area contributed by atoms with Gasteiger partial charge in [0.25, 0.3) is 5.91 Å². The molecule has 2 aromatic heterocycles. The highest BCUT2D eigenvalue weighted by atomic mass is 35.5. The SMILES string of the molecule is O=C(NCc1cccs1)[C@@H]1CN(C(=O)c2nc3ccccc3s2)CCN1c1ccc(Cl)c(Cl)c1. The number of nitrogens with one attached hydrogen (secondary N) is 1. The van der Waals surface area contributed by atoms with E-state index in [1.54, 1.807) is 28.4 Å². The van der Waals surface area contributed by atoms with Crippen molar-refractivity contribution >= 4 is 73.6 Å². The van der Waals surface area contributed by atoms with E-state index >= 15 is 0 Å². The zero-order valence-corrected chi connectivity index (χ0v) is 21.1. The molecule has 0 radical (unpaired) electrons. The molecular weight excluding hydrogens is 511 g/mol. The Morgan fingerprint density at radius 1 is 1.06 bits per heavy atom. The molecule has 0 spiro atoms. The highest BCUT2D eigenvalue weighted by Crippen LogP contribution is 2.30. The van der Waals surface area contributed by atoms with Gasteiger partial charge in [0.05, 0.1) is 33.4 Å². The molecule has 1 fully saturated rings. The number of rotatable bonds is 5. The second-order valence-corrected chi connectivity index (χ2v) is 10.7. The Morgan fingerprint density at radius 2 is 1.91 bits per heavy atom. The monoisotopic (exact) mass is 530 g/mol. The number of halogens is 2. The summed E-state index contributed by atoms with van der Waals surface area (Å²) in [5.74, 6) is -0.313. The Hall–Kier alpha value is -2.65. The smallest absolute Gasteiger partial charge is 0.283 e. The van der Waals surface area contributed by atoms with E-state index in [0.717, 1.165) is 20.8 Å². The molecule has 2 aromatic carbocycles. The Labute approximate surface area is 214 Å². The standard InChI is InChI=1S/C24H20Cl2N4O2S2/c25-17-8-7-15(12-18(17)26)30-10-9-29(14-20(30)22(31)27-13-16-4-3-11-33-16)24(32)23-28-19-5-1-2-6-21(19)34-23/h1-8,11-12,20H,9-10,13-14H2,(H,27,31)/t20-/m0/s1. The van der Waals surface area contributed by atoms with Gasteiger partial charge in [-0.15, -0.1) is 22.7 Å². The Morgan fingerprint density at radius 3 is 2.68 bits per heavy atom. The van der Waals surface area contributed by atoms with E-state index in [1.165, 1.54) is 11.3 Å². The normalized spacial score (nSPS) is 16.1. The maximum absolute atomic E-state index is 13.3. The summed E-state index contributed by atoms with van der Waals surface area (Å²) < 4.78 is 0.963. The van der Waals surface area contributed by atoms with Gasteiger partial charge < -0.3 is 15.1 Å². The third-order valence-corrected chi connectivity index (χ3v) is 8.34. The highest BCUT2D eigenvalue weighted by molar-refractivity contribution is 7.20. The summed E-state index contributed by atoms with van der Waals surface area (Å²) in [6.45, 7) is 1.62. The zero-order valence-electron chi connectivity index (χ0n) is 17.9. The van der Waals surface area contributed by atoms with Gasteiger partial charge in [0.1, 0.15) is 6.04 Å². The summed E-state index contributed by atoms with van der Waals surface area (Å²) in [5.41, 5.74) is 1.59. The molecule has 4 aromatic rings. The molecule has 3 heterocycles. The molecule has 34 heavy (non-hydrogen) atoms. The van der Waals surface area contributed by atoms with Gasteiger partial charge >= 0.3 is 0 Å². The van der Waals surface area contributed by atoms with Gasteiger partial charge in [0.2, 0.25) is 5.91 Å². The Balaban J connectivity index is 1.39. The summed E-state index contributed by atoms with van der Waals surface area (Å²) in [4.78, 5) is 35.9. The molecule has 1 saturated heterocycles. The molecule has 2 amide bonds. The fraction of sp³-hybridized carbons (Fsp3) is 0.208. The fourth-order valence-corrected chi connectivity index (χ4v) is 5.84. The minimum Gasteiger partial charge on any atom is -0.356 e. The number of hydrogen-bond acceptors (Lipinski definition) is 6. The van der Waals surface area contributed by atoms with Gasteiger partial charge in [-0.3, -0.25) is 9.59 Å². The number of thiazole rings is 1. The van der Waals surface area contributed by atoms with Crippen LogP contribution in [0.1, 0.15) is 14.7 Å². The van der Waals surface area contributed by atoms with Gasteiger partial charge in [-0.2, -0.15) is 0 Å². The fourth-order valence-electron chi connectivity index (χ4n) is 3.97. The van der Waals surface area contributed by atoms with Gasteiger partial charge in [-0.25, -0.2) is 4.98 Å². The van der Waals surface area contributed by atoms with Crippen LogP contribution in [0.2, 0.25) is 10.0 Å². The van der Waals surface area contributed by atoms with Crippen molar-refractivity contribution in [3.63, 3.8) is 0 Å². The van der Waals surface area contributed by atoms with Crippen LogP contribution in [0.15, 0.2) is 60.0 Å². The van der Waals surface area contributed by atoms with Gasteiger partial charge in [-0.05, 0) is 41.8 Å². The molecule has 0 aliphatic carbocycles. The van der Waals surface area contributed by atoms with Gasteiger partial charge in [-0.1, -0.05) is 41.4 Å². The number of para-hydroxylation sites is 1. The molecule has 6 nitrogen and oxygen atoms in total. The summed E-state index contributed by atoms with van der Waals surface area (Å²) in [6, 6.07) is 16.4. The molecule has 174 valence electrons. The van der Waals surface area contributed by atoms with Crippen LogP contribution in [0.25, 0.3) is 10.2 Å². The minimum absolute atomic E-state index is 0.152. The largest absolute Gasteiger partial charge is 0.356 e. The lowest BCUT2D eigenvalue weighted by atomic mass is 10.1. The van der Waals surface area contributed by atoms with Crippen LogP contribution in [0.3, 0.4) is 0 Å². The number of nitrogens with zero attached hydrogens (tertiary/aromatic N) is 3. The average molecular weight is 531 g/mol. The summed E-state index contributed by atoms with van der Waals surface area (Å²) in [5, 5.41) is 6.30. The van der Waals surface area contributed by atoms with Crippen molar-refractivity contribution < 1.29 is 9.59 Å². The Kier molecular flexibility index (Phi) is 6.74. The number of carbonyl (C=O) groups excluding carboxylic acids is 2. The first-order chi connectivity index (χ1) is 16.5. The number of amides is 2. The second kappa shape index (κ2) is 9.92. The first-order valence-electron chi connectivity index (χ1n) is 10.7. The van der Waals surface area contributed by atoms with E-state index in [1.807, 2.05) is 52.7 Å². The van der Waals surface area contributed by atoms with Crippen LogP contribution in [0.4, 0.5) is 5.69 Å². The van der Waals surface area contributed by atoms with E-state index in [-0.39, 0.29) is 18.4 Å². The van der Waals surface area contributed by atoms with Crippen LogP contribution >= 0.6 is 45.9 Å². The number of aromatic nitrogens is 1. The predicted octanol–water partition coefficient (Wildman–Crippen LogP) is 5.31. The van der Waals surface area contributed by atoms with E-state index in [4.69, 9.17) is 23.2 Å². The topological polar surface area (TPSA) is 65.5 Å². The van der Waals surface area contributed by atoms with E-state index in [0.29, 0.717) is 34.7 Å². The minimum atomic E-state index is -0.579. The lowest BCUT2D eigenvalue weighted by molar-refractivity contribution is -0.123. The number of hydrogen-bond donors (Lipinski definition) is 1. The maximum atomic E-state index is 13.3. The number of thiophene rings is 1. The number of carbonyl (C=O) groups is 2. The van der Waals surface area contributed by atoms with Crippen molar-refractivity contribution in [2.75, 3.05) is 24.5 Å². The molecule has 10 heteroatoms. The van der Waals surface area contributed by atoms with E-state index in [2.05, 4.69) is 10.3 Å². The molecule has 0 saturated carbocycles. The second-order valence-electron chi connectivity index (χ2n) is 7.84. The molecule has 0 bridgehead atoms. The zero-order chi connectivity index (χ0) is 23.7. The van der Waals surface area contributed by atoms with Crippen LogP contribution in [-0.4, -0.2) is 47.4 Å². The lowest BCUT2D eigenvalue weighted by Crippen LogP contribution is -2.60. The molecule has 1 aliphatic heterocycles. The average Bonchev–Trinajstić information content (AvgIpc) is 3.53. The number of fused-ring (bicyclic) bond motifs is 1. The van der Waals surface area contributed by atoms with Crippen molar-refractivity contribution in [1.82, 2.24) is 15.2 Å². The van der Waals surface area contributed by atoms with Gasteiger partial charge in [0, 0.05) is 23.7 Å². The van der Waals surface area contributed by atoms with Crippen molar-refractivity contribution in [2.45, 2.75) is 12.6 Å². The van der Waals surface area contributed by atoms with Crippen LogP contribution < -0.4 is 10.2 Å². The highest BCUT2D eigenvalue weighted by Gasteiger charge is 2.35. The first-order valence-corrected chi connectivity index (χ1v) is 13.1. The van der Waals surface area contributed by atoms with Crippen molar-refractivity contribution in [1.29, 1.82) is 0 Å². The molecule has 5 rings (SSSR count).